The SMILES string of the molecule is Cc1cc(N)cc(C=CCC(N)=O)c1. The topological polar surface area (TPSA) is 69.1 Å². The summed E-state index contributed by atoms with van der Waals surface area (Å²) in [5.41, 5.74) is 13.5. The van der Waals surface area contributed by atoms with Gasteiger partial charge in [-0.3, -0.25) is 4.79 Å². The minimum atomic E-state index is -0.332. The van der Waals surface area contributed by atoms with Gasteiger partial charge < -0.3 is 11.5 Å². The molecule has 0 spiro atoms. The summed E-state index contributed by atoms with van der Waals surface area (Å²) in [4.78, 5) is 10.5. The number of anilines is 1. The highest BCUT2D eigenvalue weighted by atomic mass is 16.1. The molecule has 0 saturated heterocycles. The summed E-state index contributed by atoms with van der Waals surface area (Å²) in [6.45, 7) is 1.97. The number of rotatable bonds is 3. The van der Waals surface area contributed by atoms with Crippen molar-refractivity contribution in [2.75, 3.05) is 5.73 Å². The lowest BCUT2D eigenvalue weighted by molar-refractivity contribution is -0.117. The van der Waals surface area contributed by atoms with Crippen LogP contribution in [-0.2, 0) is 4.79 Å². The summed E-state index contributed by atoms with van der Waals surface area (Å²) < 4.78 is 0. The minimum absolute atomic E-state index is 0.258. The van der Waals surface area contributed by atoms with Crippen molar-refractivity contribution in [2.24, 2.45) is 5.73 Å². The average molecular weight is 190 g/mol. The van der Waals surface area contributed by atoms with E-state index in [-0.39, 0.29) is 12.3 Å². The molecule has 3 heteroatoms. The Morgan fingerprint density at radius 2 is 2.14 bits per heavy atom. The number of hydrogen-bond donors (Lipinski definition) is 2. The average Bonchev–Trinajstić information content (AvgIpc) is 2.01. The molecule has 0 radical (unpaired) electrons. The molecule has 1 aromatic carbocycles. The standard InChI is InChI=1S/C11H14N2O/c1-8-5-9(7-10(12)6-8)3-2-4-11(13)14/h2-3,5-7H,4,12H2,1H3,(H2,13,14). The van der Waals surface area contributed by atoms with E-state index in [0.29, 0.717) is 0 Å². The smallest absolute Gasteiger partial charge is 0.221 e. The predicted molar refractivity (Wildman–Crippen MR) is 58.4 cm³/mol. The molecule has 0 unspecified atom stereocenters. The van der Waals surface area contributed by atoms with E-state index in [0.717, 1.165) is 16.8 Å². The van der Waals surface area contributed by atoms with Crippen LogP contribution in [0.25, 0.3) is 6.08 Å². The number of primary amides is 1. The van der Waals surface area contributed by atoms with E-state index >= 15 is 0 Å². The Bertz CT molecular complexity index is 349. The van der Waals surface area contributed by atoms with Crippen LogP contribution in [0.1, 0.15) is 17.5 Å². The maximum atomic E-state index is 10.5. The van der Waals surface area contributed by atoms with Gasteiger partial charge in [-0.2, -0.15) is 0 Å². The molecule has 0 aliphatic heterocycles. The monoisotopic (exact) mass is 190 g/mol. The van der Waals surface area contributed by atoms with E-state index in [1.807, 2.05) is 31.2 Å². The molecule has 74 valence electrons. The van der Waals surface area contributed by atoms with Crippen LogP contribution in [0.3, 0.4) is 0 Å². The Morgan fingerprint density at radius 3 is 2.71 bits per heavy atom. The van der Waals surface area contributed by atoms with Crippen LogP contribution in [0.4, 0.5) is 5.69 Å². The first kappa shape index (κ1) is 10.3. The lowest BCUT2D eigenvalue weighted by Gasteiger charge is -1.99. The summed E-state index contributed by atoms with van der Waals surface area (Å²) in [7, 11) is 0. The van der Waals surface area contributed by atoms with Crippen LogP contribution in [0.2, 0.25) is 0 Å². The van der Waals surface area contributed by atoms with Crippen LogP contribution < -0.4 is 11.5 Å². The molecule has 4 N–H and O–H groups in total. The Morgan fingerprint density at radius 1 is 1.43 bits per heavy atom. The first-order chi connectivity index (χ1) is 6.58. The van der Waals surface area contributed by atoms with E-state index < -0.39 is 0 Å². The highest BCUT2D eigenvalue weighted by Gasteiger charge is 1.92. The van der Waals surface area contributed by atoms with Crippen LogP contribution in [0, 0.1) is 6.92 Å². The maximum Gasteiger partial charge on any atom is 0.221 e. The molecule has 0 aliphatic carbocycles. The van der Waals surface area contributed by atoms with Gasteiger partial charge in [-0.15, -0.1) is 0 Å². The fraction of sp³-hybridized carbons (Fsp3) is 0.182. The second-order valence-corrected chi connectivity index (χ2v) is 3.25. The summed E-state index contributed by atoms with van der Waals surface area (Å²) in [6.07, 6.45) is 3.83. The number of aryl methyl sites for hydroxylation is 1. The highest BCUT2D eigenvalue weighted by molar-refractivity contribution is 5.76. The van der Waals surface area contributed by atoms with Gasteiger partial charge in [-0.25, -0.2) is 0 Å². The third-order valence-corrected chi connectivity index (χ3v) is 1.75. The molecule has 14 heavy (non-hydrogen) atoms. The Kier molecular flexibility index (Phi) is 3.29. The second-order valence-electron chi connectivity index (χ2n) is 3.25. The molecule has 1 amide bonds. The van der Waals surface area contributed by atoms with Crippen LogP contribution in [0.5, 0.6) is 0 Å². The van der Waals surface area contributed by atoms with Gasteiger partial charge in [0.2, 0.25) is 5.91 Å². The first-order valence-electron chi connectivity index (χ1n) is 4.40. The zero-order valence-electron chi connectivity index (χ0n) is 8.16. The van der Waals surface area contributed by atoms with Gasteiger partial charge in [0.05, 0.1) is 0 Å². The number of carbonyl (C=O) groups excluding carboxylic acids is 1. The quantitative estimate of drug-likeness (QED) is 0.708. The fourth-order valence-corrected chi connectivity index (χ4v) is 1.25. The summed E-state index contributed by atoms with van der Waals surface area (Å²) >= 11 is 0. The van der Waals surface area contributed by atoms with Crippen molar-refractivity contribution in [3.63, 3.8) is 0 Å². The van der Waals surface area contributed by atoms with Crippen molar-refractivity contribution in [3.8, 4) is 0 Å². The predicted octanol–water partition coefficient (Wildman–Crippen LogP) is 1.47. The molecule has 0 heterocycles. The molecule has 1 rings (SSSR count). The summed E-state index contributed by atoms with van der Waals surface area (Å²) in [5, 5.41) is 0. The van der Waals surface area contributed by atoms with E-state index in [2.05, 4.69) is 0 Å². The number of nitrogen functional groups attached to an aromatic ring is 1. The Balaban J connectivity index is 2.76. The summed E-state index contributed by atoms with van der Waals surface area (Å²) in [5.74, 6) is -0.332. The fourth-order valence-electron chi connectivity index (χ4n) is 1.25. The highest BCUT2D eigenvalue weighted by Crippen LogP contribution is 2.12. The van der Waals surface area contributed by atoms with Gasteiger partial charge in [0, 0.05) is 12.1 Å². The molecule has 0 aromatic heterocycles. The third-order valence-electron chi connectivity index (χ3n) is 1.75. The zero-order valence-corrected chi connectivity index (χ0v) is 8.16. The van der Waals surface area contributed by atoms with Gasteiger partial charge in [0.15, 0.2) is 0 Å². The lowest BCUT2D eigenvalue weighted by Crippen LogP contribution is -2.07. The number of amides is 1. The number of hydrogen-bond acceptors (Lipinski definition) is 2. The first-order valence-corrected chi connectivity index (χ1v) is 4.40. The molecular weight excluding hydrogens is 176 g/mol. The largest absolute Gasteiger partial charge is 0.399 e. The van der Waals surface area contributed by atoms with Crippen LogP contribution in [0.15, 0.2) is 24.3 Å². The van der Waals surface area contributed by atoms with Gasteiger partial charge in [0.1, 0.15) is 0 Å². The molecule has 0 aliphatic rings. The number of carbonyl (C=O) groups is 1. The molecular formula is C11H14N2O. The molecule has 1 aromatic rings. The van der Waals surface area contributed by atoms with E-state index in [4.69, 9.17) is 11.5 Å². The van der Waals surface area contributed by atoms with Gasteiger partial charge in [-0.05, 0) is 30.2 Å². The number of nitrogens with two attached hydrogens (primary N) is 2. The van der Waals surface area contributed by atoms with E-state index in [1.165, 1.54) is 0 Å². The van der Waals surface area contributed by atoms with Gasteiger partial charge in [-0.1, -0.05) is 18.2 Å². The molecule has 0 atom stereocenters. The second kappa shape index (κ2) is 4.46. The minimum Gasteiger partial charge on any atom is -0.399 e. The molecule has 3 nitrogen and oxygen atoms in total. The van der Waals surface area contributed by atoms with E-state index in [9.17, 15) is 4.79 Å². The van der Waals surface area contributed by atoms with Crippen molar-refractivity contribution in [1.29, 1.82) is 0 Å². The van der Waals surface area contributed by atoms with Crippen molar-refractivity contribution in [1.82, 2.24) is 0 Å². The Labute approximate surface area is 83.4 Å². The van der Waals surface area contributed by atoms with E-state index in [1.54, 1.807) is 6.08 Å². The van der Waals surface area contributed by atoms with Crippen molar-refractivity contribution in [3.05, 3.63) is 35.4 Å². The normalized spacial score (nSPS) is 10.6. The molecule has 0 fully saturated rings. The lowest BCUT2D eigenvalue weighted by atomic mass is 10.1. The van der Waals surface area contributed by atoms with Crippen LogP contribution in [-0.4, -0.2) is 5.91 Å². The van der Waals surface area contributed by atoms with Gasteiger partial charge in [0.25, 0.3) is 0 Å². The number of benzene rings is 1. The Hall–Kier alpha value is -1.77. The summed E-state index contributed by atoms with van der Waals surface area (Å²) in [6, 6.07) is 5.74. The molecule has 0 saturated carbocycles. The maximum absolute atomic E-state index is 10.5. The zero-order chi connectivity index (χ0) is 10.6. The van der Waals surface area contributed by atoms with Crippen molar-refractivity contribution in [2.45, 2.75) is 13.3 Å². The van der Waals surface area contributed by atoms with Gasteiger partial charge >= 0.3 is 0 Å². The molecule has 0 bridgehead atoms. The van der Waals surface area contributed by atoms with Crippen molar-refractivity contribution < 1.29 is 4.79 Å². The van der Waals surface area contributed by atoms with Crippen molar-refractivity contribution >= 4 is 17.7 Å². The van der Waals surface area contributed by atoms with Crippen LogP contribution >= 0.6 is 0 Å². The third kappa shape index (κ3) is 3.31.